The second-order valence-electron chi connectivity index (χ2n) is 5.33. The molecule has 0 radical (unpaired) electrons. The van der Waals surface area contributed by atoms with E-state index in [4.69, 9.17) is 14.0 Å². The predicted octanol–water partition coefficient (Wildman–Crippen LogP) is -1.10. The summed E-state index contributed by atoms with van der Waals surface area (Å²) in [5.74, 6) is 0. The van der Waals surface area contributed by atoms with Crippen LogP contribution in [0.4, 0.5) is 0 Å². The minimum absolute atomic E-state index is 0. The fraction of sp³-hybridized carbons (Fsp3) is 0.692. The minimum Gasteiger partial charge on any atom is -0.538 e. The largest absolute Gasteiger partial charge is 1.00 e. The van der Waals surface area contributed by atoms with Gasteiger partial charge in [0.2, 0.25) is 0 Å². The van der Waals surface area contributed by atoms with Crippen molar-refractivity contribution in [2.75, 3.05) is 0 Å². The Kier molecular flexibility index (Phi) is 8.64. The van der Waals surface area contributed by atoms with Gasteiger partial charge < -0.3 is 14.0 Å². The van der Waals surface area contributed by atoms with Gasteiger partial charge in [0.25, 0.3) is 0 Å². The van der Waals surface area contributed by atoms with Crippen molar-refractivity contribution in [1.29, 1.82) is 0 Å². The third-order valence-electron chi connectivity index (χ3n) is 2.30. The molecule has 0 N–H and O–H groups in total. The molecule has 1 heterocycles. The van der Waals surface area contributed by atoms with Crippen LogP contribution in [0.3, 0.4) is 0 Å². The molecule has 0 aliphatic heterocycles. The molecule has 108 valence electrons. The van der Waals surface area contributed by atoms with Gasteiger partial charge in [0, 0.05) is 36.9 Å². The summed E-state index contributed by atoms with van der Waals surface area (Å²) in [4.78, 5) is 8.39. The van der Waals surface area contributed by atoms with E-state index in [1.807, 2.05) is 41.5 Å². The average Bonchev–Trinajstić information content (AvgIpc) is 2.27. The zero-order valence-electron chi connectivity index (χ0n) is 13.7. The molecule has 1 rings (SSSR count). The van der Waals surface area contributed by atoms with Crippen molar-refractivity contribution in [2.45, 2.75) is 59.9 Å². The summed E-state index contributed by atoms with van der Waals surface area (Å²) in [6, 6.07) is 0. The molecule has 0 aliphatic rings. The first-order valence-electron chi connectivity index (χ1n) is 6.79. The summed E-state index contributed by atoms with van der Waals surface area (Å²) in [5, 5.41) is 0. The third kappa shape index (κ3) is 5.94. The number of nitrogens with zero attached hydrogens (tertiary/aromatic N) is 2. The molecule has 0 amide bonds. The Morgan fingerprint density at radius 2 is 1.30 bits per heavy atom. The van der Waals surface area contributed by atoms with Crippen molar-refractivity contribution in [3.8, 4) is 0 Å². The van der Waals surface area contributed by atoms with Gasteiger partial charge in [-0.1, -0.05) is 0 Å². The monoisotopic (exact) mass is 274 g/mol. The van der Waals surface area contributed by atoms with Gasteiger partial charge in [0.15, 0.2) is 0 Å². The van der Waals surface area contributed by atoms with E-state index in [-0.39, 0.29) is 37.2 Å². The molecule has 0 bridgehead atoms. The van der Waals surface area contributed by atoms with Gasteiger partial charge in [-0.2, -0.15) is 0 Å². The SMILES string of the molecule is CC(C)O[B-](OC(C)C)(OC(C)C)c1cnccn1.[Li+]. The molecule has 0 spiro atoms. The van der Waals surface area contributed by atoms with Crippen LogP contribution < -0.4 is 24.5 Å². The summed E-state index contributed by atoms with van der Waals surface area (Å²) < 4.78 is 17.9. The second kappa shape index (κ2) is 8.81. The van der Waals surface area contributed by atoms with Crippen LogP contribution >= 0.6 is 0 Å². The topological polar surface area (TPSA) is 53.5 Å². The van der Waals surface area contributed by atoms with E-state index in [0.717, 1.165) is 0 Å². The van der Waals surface area contributed by atoms with Crippen LogP contribution in [-0.4, -0.2) is 35.0 Å². The Morgan fingerprint density at radius 3 is 1.60 bits per heavy atom. The van der Waals surface area contributed by atoms with Gasteiger partial charge in [0.05, 0.1) is 0 Å². The summed E-state index contributed by atoms with van der Waals surface area (Å²) in [5.41, 5.74) is 0.582. The number of aromatic nitrogens is 2. The summed E-state index contributed by atoms with van der Waals surface area (Å²) in [6.45, 7) is 9.58. The molecule has 7 heteroatoms. The fourth-order valence-corrected chi connectivity index (χ4v) is 1.87. The molecule has 0 aliphatic carbocycles. The second-order valence-corrected chi connectivity index (χ2v) is 5.33. The maximum absolute atomic E-state index is 5.96. The first kappa shape index (κ1) is 19.6. The Bertz CT molecular complexity index is 351. The van der Waals surface area contributed by atoms with Gasteiger partial charge in [0.1, 0.15) is 0 Å². The Labute approximate surface area is 134 Å². The predicted molar refractivity (Wildman–Crippen MR) is 76.1 cm³/mol. The molecule has 0 atom stereocenters. The smallest absolute Gasteiger partial charge is 0.538 e. The van der Waals surface area contributed by atoms with Crippen LogP contribution in [-0.2, 0) is 14.0 Å². The van der Waals surface area contributed by atoms with Crippen LogP contribution in [0.15, 0.2) is 18.6 Å². The average molecular weight is 274 g/mol. The van der Waals surface area contributed by atoms with Crippen LogP contribution in [0.1, 0.15) is 41.5 Å². The molecule has 1 aromatic heterocycles. The van der Waals surface area contributed by atoms with E-state index in [0.29, 0.717) is 5.59 Å². The molecular weight excluding hydrogens is 250 g/mol. The van der Waals surface area contributed by atoms with Crippen LogP contribution in [0.25, 0.3) is 0 Å². The van der Waals surface area contributed by atoms with Crippen molar-refractivity contribution in [2.24, 2.45) is 0 Å². The Balaban J connectivity index is 0.00000361. The van der Waals surface area contributed by atoms with Crippen molar-refractivity contribution < 1.29 is 32.8 Å². The zero-order valence-corrected chi connectivity index (χ0v) is 13.7. The Hall–Kier alpha value is -0.378. The summed E-state index contributed by atoms with van der Waals surface area (Å²) >= 11 is 0. The van der Waals surface area contributed by atoms with Gasteiger partial charge >= 0.3 is 25.6 Å². The van der Waals surface area contributed by atoms with E-state index < -0.39 is 6.75 Å². The van der Waals surface area contributed by atoms with Crippen LogP contribution in [0, 0.1) is 0 Å². The minimum atomic E-state index is -2.09. The molecule has 5 nitrogen and oxygen atoms in total. The van der Waals surface area contributed by atoms with E-state index in [9.17, 15) is 0 Å². The van der Waals surface area contributed by atoms with Gasteiger partial charge in [-0.05, 0) is 47.1 Å². The quantitative estimate of drug-likeness (QED) is 0.591. The summed E-state index contributed by atoms with van der Waals surface area (Å²) in [7, 11) is 0. The Morgan fingerprint density at radius 1 is 0.850 bits per heavy atom. The zero-order chi connectivity index (χ0) is 14.5. The fourth-order valence-electron chi connectivity index (χ4n) is 1.87. The van der Waals surface area contributed by atoms with Gasteiger partial charge in [-0.3, -0.25) is 9.97 Å². The molecule has 1 aromatic rings. The number of hydrogen-bond donors (Lipinski definition) is 0. The number of hydrogen-bond acceptors (Lipinski definition) is 5. The van der Waals surface area contributed by atoms with E-state index >= 15 is 0 Å². The van der Waals surface area contributed by atoms with Gasteiger partial charge in [-0.25, -0.2) is 0 Å². The summed E-state index contributed by atoms with van der Waals surface area (Å²) in [6.07, 6.45) is 4.74. The first-order chi connectivity index (χ1) is 8.85. The third-order valence-corrected chi connectivity index (χ3v) is 2.30. The number of rotatable bonds is 7. The molecule has 0 aromatic carbocycles. The molecule has 0 unspecified atom stereocenters. The molecule has 20 heavy (non-hydrogen) atoms. The van der Waals surface area contributed by atoms with Crippen molar-refractivity contribution >= 4 is 12.3 Å². The molecule has 0 saturated heterocycles. The van der Waals surface area contributed by atoms with Crippen LogP contribution in [0.2, 0.25) is 0 Å². The van der Waals surface area contributed by atoms with Crippen LogP contribution in [0.5, 0.6) is 0 Å². The molecule has 0 saturated carbocycles. The maximum Gasteiger partial charge on any atom is 1.00 e. The van der Waals surface area contributed by atoms with Gasteiger partial charge in [-0.15, -0.1) is 0 Å². The molecule has 0 fully saturated rings. The van der Waals surface area contributed by atoms with Crippen molar-refractivity contribution in [3.63, 3.8) is 0 Å². The molecular formula is C13H24BLiN2O3. The van der Waals surface area contributed by atoms with E-state index in [1.165, 1.54) is 0 Å². The van der Waals surface area contributed by atoms with E-state index in [1.54, 1.807) is 18.6 Å². The first-order valence-corrected chi connectivity index (χ1v) is 6.79. The van der Waals surface area contributed by atoms with Crippen molar-refractivity contribution in [3.05, 3.63) is 18.6 Å². The van der Waals surface area contributed by atoms with Crippen molar-refractivity contribution in [1.82, 2.24) is 9.97 Å². The van der Waals surface area contributed by atoms with E-state index in [2.05, 4.69) is 9.97 Å². The normalized spacial score (nSPS) is 12.1. The standard InChI is InChI=1S/C13H24BN2O3.Li/c1-10(2)17-14(18-11(3)4,19-12(5)6)13-9-15-7-8-16-13;/h7-12H,1-6H3;/q-1;+1. The maximum atomic E-state index is 5.96.